The van der Waals surface area contributed by atoms with Crippen LogP contribution in [0.25, 0.3) is 0 Å². The first-order valence-corrected chi connectivity index (χ1v) is 5.33. The molecule has 0 amide bonds. The third-order valence-electron chi connectivity index (χ3n) is 2.39. The minimum Gasteiger partial charge on any atom is -0.479 e. The number of carbonyl (C=O) groups is 1. The summed E-state index contributed by atoms with van der Waals surface area (Å²) in [5, 5.41) is 10.8. The first kappa shape index (κ1) is 13.2. The average molecular weight is 237 g/mol. The van der Waals surface area contributed by atoms with E-state index in [1.807, 2.05) is 0 Å². The lowest BCUT2D eigenvalue weighted by molar-refractivity contribution is -0.385. The molecule has 0 aromatic heterocycles. The molecule has 17 heavy (non-hydrogen) atoms. The summed E-state index contributed by atoms with van der Waals surface area (Å²) in [4.78, 5) is 21.7. The monoisotopic (exact) mass is 237 g/mol. The van der Waals surface area contributed by atoms with Gasteiger partial charge in [-0.25, -0.2) is 0 Å². The van der Waals surface area contributed by atoms with Gasteiger partial charge in [-0.05, 0) is 12.5 Å². The van der Waals surface area contributed by atoms with E-state index in [0.717, 1.165) is 0 Å². The number of ether oxygens (including phenoxy) is 1. The van der Waals surface area contributed by atoms with Crippen LogP contribution in [0.1, 0.15) is 19.4 Å². The van der Waals surface area contributed by atoms with E-state index in [4.69, 9.17) is 4.74 Å². The Hall–Kier alpha value is -1.91. The molecule has 0 saturated heterocycles. The second kappa shape index (κ2) is 5.43. The van der Waals surface area contributed by atoms with Crippen molar-refractivity contribution in [3.8, 4) is 5.75 Å². The number of Topliss-reactive ketones (excluding diaryl/α,β-unsaturated/α-hetero) is 1. The van der Waals surface area contributed by atoms with Crippen molar-refractivity contribution in [1.29, 1.82) is 0 Å². The molecule has 5 nitrogen and oxygen atoms in total. The molecule has 0 fully saturated rings. The van der Waals surface area contributed by atoms with Crippen LogP contribution in [0, 0.1) is 23.0 Å². The summed E-state index contributed by atoms with van der Waals surface area (Å²) in [6, 6.07) is 4.66. The Morgan fingerprint density at radius 1 is 1.47 bits per heavy atom. The van der Waals surface area contributed by atoms with Crippen LogP contribution in [0.4, 0.5) is 5.69 Å². The lowest BCUT2D eigenvalue weighted by Crippen LogP contribution is -2.17. The standard InChI is InChI=1S/C12H15NO4/c1-8(2)11(14)7-17-12-9(3)5-4-6-10(12)13(15)16/h4-6,8H,7H2,1-3H3. The van der Waals surface area contributed by atoms with Gasteiger partial charge in [-0.2, -0.15) is 0 Å². The average Bonchev–Trinajstić information content (AvgIpc) is 2.26. The molecule has 0 heterocycles. The van der Waals surface area contributed by atoms with Crippen molar-refractivity contribution < 1.29 is 14.5 Å². The van der Waals surface area contributed by atoms with E-state index in [-0.39, 0.29) is 29.7 Å². The van der Waals surface area contributed by atoms with Gasteiger partial charge in [-0.1, -0.05) is 26.0 Å². The molecule has 0 unspecified atom stereocenters. The van der Waals surface area contributed by atoms with E-state index in [1.165, 1.54) is 6.07 Å². The predicted molar refractivity (Wildman–Crippen MR) is 63.2 cm³/mol. The fourth-order valence-corrected chi connectivity index (χ4v) is 1.28. The molecule has 0 radical (unpaired) electrons. The quantitative estimate of drug-likeness (QED) is 0.582. The van der Waals surface area contributed by atoms with Gasteiger partial charge in [-0.15, -0.1) is 0 Å². The van der Waals surface area contributed by atoms with E-state index in [1.54, 1.807) is 32.9 Å². The highest BCUT2D eigenvalue weighted by Crippen LogP contribution is 2.30. The number of nitro groups is 1. The lowest BCUT2D eigenvalue weighted by Gasteiger charge is -2.09. The van der Waals surface area contributed by atoms with Crippen molar-refractivity contribution in [2.75, 3.05) is 6.61 Å². The van der Waals surface area contributed by atoms with E-state index < -0.39 is 4.92 Å². The smallest absolute Gasteiger partial charge is 0.311 e. The number of para-hydroxylation sites is 1. The molecule has 1 aromatic rings. The molecule has 0 atom stereocenters. The van der Waals surface area contributed by atoms with Gasteiger partial charge in [0.2, 0.25) is 0 Å². The largest absolute Gasteiger partial charge is 0.479 e. The van der Waals surface area contributed by atoms with Gasteiger partial charge in [0.1, 0.15) is 6.61 Å². The molecule has 0 aliphatic rings. The molecular formula is C12H15NO4. The molecule has 0 N–H and O–H groups in total. The first-order chi connectivity index (χ1) is 7.93. The Morgan fingerprint density at radius 3 is 2.65 bits per heavy atom. The molecule has 0 aliphatic heterocycles. The van der Waals surface area contributed by atoms with Gasteiger partial charge in [0.15, 0.2) is 11.5 Å². The SMILES string of the molecule is Cc1cccc([N+](=O)[O-])c1OCC(=O)C(C)C. The maximum absolute atomic E-state index is 11.4. The van der Waals surface area contributed by atoms with Crippen molar-refractivity contribution in [3.63, 3.8) is 0 Å². The summed E-state index contributed by atoms with van der Waals surface area (Å²) < 4.78 is 5.26. The zero-order valence-corrected chi connectivity index (χ0v) is 10.1. The van der Waals surface area contributed by atoms with Crippen LogP contribution < -0.4 is 4.74 Å². The number of ketones is 1. The number of nitro benzene ring substituents is 1. The first-order valence-electron chi connectivity index (χ1n) is 5.33. The second-order valence-electron chi connectivity index (χ2n) is 4.09. The highest BCUT2D eigenvalue weighted by molar-refractivity contribution is 5.81. The van der Waals surface area contributed by atoms with Crippen LogP contribution in [-0.2, 0) is 4.79 Å². The van der Waals surface area contributed by atoms with Gasteiger partial charge in [0.05, 0.1) is 4.92 Å². The molecule has 1 aromatic carbocycles. The second-order valence-corrected chi connectivity index (χ2v) is 4.09. The van der Waals surface area contributed by atoms with Gasteiger partial charge in [-0.3, -0.25) is 14.9 Å². The third kappa shape index (κ3) is 3.27. The fraction of sp³-hybridized carbons (Fsp3) is 0.417. The number of hydrogen-bond donors (Lipinski definition) is 0. The highest BCUT2D eigenvalue weighted by Gasteiger charge is 2.18. The minimum atomic E-state index is -0.512. The molecule has 0 bridgehead atoms. The van der Waals surface area contributed by atoms with E-state index in [9.17, 15) is 14.9 Å². The van der Waals surface area contributed by atoms with E-state index in [2.05, 4.69) is 0 Å². The summed E-state index contributed by atoms with van der Waals surface area (Å²) in [6.07, 6.45) is 0. The van der Waals surface area contributed by atoms with Crippen LogP contribution in [-0.4, -0.2) is 17.3 Å². The molecule has 0 spiro atoms. The summed E-state index contributed by atoms with van der Waals surface area (Å²) in [5.41, 5.74) is 0.539. The van der Waals surface area contributed by atoms with Crippen molar-refractivity contribution in [2.24, 2.45) is 5.92 Å². The number of hydrogen-bond acceptors (Lipinski definition) is 4. The van der Waals surface area contributed by atoms with E-state index in [0.29, 0.717) is 5.56 Å². The Kier molecular flexibility index (Phi) is 4.20. The maximum atomic E-state index is 11.4. The van der Waals surface area contributed by atoms with Gasteiger partial charge in [0.25, 0.3) is 0 Å². The highest BCUT2D eigenvalue weighted by atomic mass is 16.6. The summed E-state index contributed by atoms with van der Waals surface area (Å²) in [5.74, 6) is -0.0490. The van der Waals surface area contributed by atoms with Crippen LogP contribution in [0.2, 0.25) is 0 Å². The number of aryl methyl sites for hydroxylation is 1. The number of benzene rings is 1. The maximum Gasteiger partial charge on any atom is 0.311 e. The Bertz CT molecular complexity index is 440. The molecule has 0 aliphatic carbocycles. The number of nitrogens with zero attached hydrogens (tertiary/aromatic N) is 1. The Labute approximate surface area is 99.5 Å². The van der Waals surface area contributed by atoms with Crippen molar-refractivity contribution in [1.82, 2.24) is 0 Å². The van der Waals surface area contributed by atoms with Crippen LogP contribution >= 0.6 is 0 Å². The van der Waals surface area contributed by atoms with Gasteiger partial charge >= 0.3 is 5.69 Å². The lowest BCUT2D eigenvalue weighted by atomic mass is 10.1. The van der Waals surface area contributed by atoms with Crippen LogP contribution in [0.15, 0.2) is 18.2 Å². The molecule has 1 rings (SSSR count). The zero-order valence-electron chi connectivity index (χ0n) is 10.1. The topological polar surface area (TPSA) is 69.4 Å². The molecule has 5 heteroatoms. The van der Waals surface area contributed by atoms with Crippen molar-refractivity contribution >= 4 is 11.5 Å². The summed E-state index contributed by atoms with van der Waals surface area (Å²) in [6.45, 7) is 5.10. The molecular weight excluding hydrogens is 222 g/mol. The Balaban J connectivity index is 2.90. The van der Waals surface area contributed by atoms with E-state index >= 15 is 0 Å². The summed E-state index contributed by atoms with van der Waals surface area (Å²) in [7, 11) is 0. The zero-order chi connectivity index (χ0) is 13.0. The van der Waals surface area contributed by atoms with Gasteiger partial charge in [0, 0.05) is 12.0 Å². The molecule has 0 saturated carbocycles. The summed E-state index contributed by atoms with van der Waals surface area (Å²) >= 11 is 0. The van der Waals surface area contributed by atoms with Crippen LogP contribution in [0.5, 0.6) is 5.75 Å². The minimum absolute atomic E-state index is 0.0810. The third-order valence-corrected chi connectivity index (χ3v) is 2.39. The number of rotatable bonds is 5. The number of carbonyl (C=O) groups excluding carboxylic acids is 1. The van der Waals surface area contributed by atoms with Crippen molar-refractivity contribution in [2.45, 2.75) is 20.8 Å². The predicted octanol–water partition coefficient (Wildman–Crippen LogP) is 2.51. The Morgan fingerprint density at radius 2 is 2.12 bits per heavy atom. The molecule has 92 valence electrons. The van der Waals surface area contributed by atoms with Gasteiger partial charge < -0.3 is 4.74 Å². The van der Waals surface area contributed by atoms with Crippen LogP contribution in [0.3, 0.4) is 0 Å². The van der Waals surface area contributed by atoms with Crippen molar-refractivity contribution in [3.05, 3.63) is 33.9 Å². The normalized spacial score (nSPS) is 10.4. The fourth-order valence-electron chi connectivity index (χ4n) is 1.28.